The molecule has 2 aromatic heterocycles. The van der Waals surface area contributed by atoms with Gasteiger partial charge in [-0.05, 0) is 25.3 Å². The van der Waals surface area contributed by atoms with Crippen LogP contribution in [0.5, 0.6) is 0 Å². The van der Waals surface area contributed by atoms with Crippen LogP contribution in [0, 0.1) is 0 Å². The lowest BCUT2D eigenvalue weighted by Crippen LogP contribution is -2.54. The van der Waals surface area contributed by atoms with Crippen LogP contribution in [0.25, 0.3) is 0 Å². The van der Waals surface area contributed by atoms with Crippen LogP contribution in [0.4, 0.5) is 0 Å². The zero-order valence-electron chi connectivity index (χ0n) is 16.6. The molecule has 1 aliphatic carbocycles. The summed E-state index contributed by atoms with van der Waals surface area (Å²) in [6.45, 7) is 3.60. The second-order valence-corrected chi connectivity index (χ2v) is 8.18. The van der Waals surface area contributed by atoms with Crippen molar-refractivity contribution in [3.8, 4) is 0 Å². The number of carbonyl (C=O) groups excluding carboxylic acids is 2. The Morgan fingerprint density at radius 3 is 2.72 bits per heavy atom. The van der Waals surface area contributed by atoms with Crippen LogP contribution in [-0.4, -0.2) is 78.4 Å². The minimum atomic E-state index is -0.138. The molecule has 2 fully saturated rings. The summed E-state index contributed by atoms with van der Waals surface area (Å²) in [6, 6.07) is 2.12. The van der Waals surface area contributed by atoms with Gasteiger partial charge in [0.1, 0.15) is 0 Å². The molecule has 0 bridgehead atoms. The maximum absolute atomic E-state index is 12.8. The Balaban J connectivity index is 1.30. The number of fused-ring (bicyclic) bond motifs is 3. The summed E-state index contributed by atoms with van der Waals surface area (Å²) in [6.07, 6.45) is 5.39. The lowest BCUT2D eigenvalue weighted by molar-refractivity contribution is -0.134. The average molecular weight is 398 g/mol. The fourth-order valence-electron chi connectivity index (χ4n) is 4.36. The second-order valence-electron chi connectivity index (χ2n) is 8.18. The first-order valence-electron chi connectivity index (χ1n) is 10.3. The number of nitrogens with one attached hydrogen (secondary N) is 1. The van der Waals surface area contributed by atoms with Gasteiger partial charge in [0.25, 0.3) is 5.91 Å². The molecule has 1 N–H and O–H groups in total. The normalized spacial score (nSPS) is 22.0. The minimum absolute atomic E-state index is 0.0251. The lowest BCUT2D eigenvalue weighted by atomic mass is 9.93. The van der Waals surface area contributed by atoms with Gasteiger partial charge < -0.3 is 14.8 Å². The van der Waals surface area contributed by atoms with Crippen LogP contribution in [0.15, 0.2) is 12.3 Å². The summed E-state index contributed by atoms with van der Waals surface area (Å²) in [7, 11) is 1.85. The Morgan fingerprint density at radius 2 is 2.00 bits per heavy atom. The Hall–Kier alpha value is -2.75. The SMILES string of the molecule is Cn1ccc(CC(=O)N2CCN3CCn4c(C(=O)NC5CCC5)nnc4C3C2)n1. The van der Waals surface area contributed by atoms with Gasteiger partial charge in [-0.2, -0.15) is 5.10 Å². The molecule has 1 saturated heterocycles. The van der Waals surface area contributed by atoms with Crippen molar-refractivity contribution < 1.29 is 9.59 Å². The highest BCUT2D eigenvalue weighted by Crippen LogP contribution is 2.29. The van der Waals surface area contributed by atoms with Gasteiger partial charge in [0.15, 0.2) is 5.82 Å². The van der Waals surface area contributed by atoms with Gasteiger partial charge in [0, 0.05) is 52.0 Å². The summed E-state index contributed by atoms with van der Waals surface area (Å²) >= 11 is 0. The number of aryl methyl sites for hydroxylation is 1. The molecule has 1 saturated carbocycles. The molecular weight excluding hydrogens is 372 g/mol. The van der Waals surface area contributed by atoms with E-state index in [1.54, 1.807) is 4.68 Å². The number of hydrogen-bond acceptors (Lipinski definition) is 6. The molecule has 2 amide bonds. The number of carbonyl (C=O) groups is 2. The molecule has 0 aromatic carbocycles. The van der Waals surface area contributed by atoms with E-state index in [1.807, 2.05) is 28.8 Å². The maximum atomic E-state index is 12.8. The van der Waals surface area contributed by atoms with Crippen LogP contribution < -0.4 is 5.32 Å². The molecule has 4 heterocycles. The third-order valence-corrected chi connectivity index (χ3v) is 6.28. The molecule has 0 spiro atoms. The number of aromatic nitrogens is 5. The zero-order chi connectivity index (χ0) is 20.0. The van der Waals surface area contributed by atoms with Crippen molar-refractivity contribution in [1.82, 2.24) is 39.7 Å². The number of nitrogens with zero attached hydrogens (tertiary/aromatic N) is 7. The van der Waals surface area contributed by atoms with Crippen LogP contribution in [0.1, 0.15) is 47.4 Å². The molecule has 5 rings (SSSR count). The van der Waals surface area contributed by atoms with Gasteiger partial charge in [-0.1, -0.05) is 0 Å². The number of rotatable bonds is 4. The average Bonchev–Trinajstić information content (AvgIpc) is 3.30. The van der Waals surface area contributed by atoms with E-state index in [1.165, 1.54) is 6.42 Å². The first-order chi connectivity index (χ1) is 14.1. The van der Waals surface area contributed by atoms with Gasteiger partial charge in [0.2, 0.25) is 11.7 Å². The van der Waals surface area contributed by atoms with Crippen LogP contribution in [0.3, 0.4) is 0 Å². The number of hydrogen-bond donors (Lipinski definition) is 1. The van der Waals surface area contributed by atoms with Gasteiger partial charge in [-0.25, -0.2) is 0 Å². The quantitative estimate of drug-likeness (QED) is 0.761. The third-order valence-electron chi connectivity index (χ3n) is 6.28. The molecule has 10 nitrogen and oxygen atoms in total. The molecule has 2 aliphatic heterocycles. The first-order valence-corrected chi connectivity index (χ1v) is 10.3. The smallest absolute Gasteiger partial charge is 0.289 e. The van der Waals surface area contributed by atoms with E-state index in [0.29, 0.717) is 31.9 Å². The Morgan fingerprint density at radius 1 is 1.17 bits per heavy atom. The molecule has 0 radical (unpaired) electrons. The highest BCUT2D eigenvalue weighted by molar-refractivity contribution is 5.91. The summed E-state index contributed by atoms with van der Waals surface area (Å²) in [5.41, 5.74) is 0.779. The van der Waals surface area contributed by atoms with Gasteiger partial charge >= 0.3 is 0 Å². The molecule has 154 valence electrons. The monoisotopic (exact) mass is 398 g/mol. The van der Waals surface area contributed by atoms with Crippen LogP contribution >= 0.6 is 0 Å². The maximum Gasteiger partial charge on any atom is 0.289 e. The summed E-state index contributed by atoms with van der Waals surface area (Å²) in [4.78, 5) is 29.6. The summed E-state index contributed by atoms with van der Waals surface area (Å²) in [5.74, 6) is 1.11. The molecule has 1 unspecified atom stereocenters. The van der Waals surface area contributed by atoms with Crippen LogP contribution in [-0.2, 0) is 24.8 Å². The first kappa shape index (κ1) is 18.3. The Kier molecular flexibility index (Phi) is 4.57. The van der Waals surface area contributed by atoms with Crippen LogP contribution in [0.2, 0.25) is 0 Å². The van der Waals surface area contributed by atoms with E-state index >= 15 is 0 Å². The van der Waals surface area contributed by atoms with Crippen molar-refractivity contribution >= 4 is 11.8 Å². The van der Waals surface area contributed by atoms with Crippen molar-refractivity contribution in [1.29, 1.82) is 0 Å². The predicted octanol–water partition coefficient (Wildman–Crippen LogP) is -0.264. The van der Waals surface area contributed by atoms with Crippen molar-refractivity contribution in [3.05, 3.63) is 29.6 Å². The molecule has 29 heavy (non-hydrogen) atoms. The van der Waals surface area contributed by atoms with E-state index in [4.69, 9.17) is 0 Å². The van der Waals surface area contributed by atoms with Crippen molar-refractivity contribution in [2.75, 3.05) is 26.2 Å². The number of amides is 2. The Bertz CT molecular complexity index is 931. The summed E-state index contributed by atoms with van der Waals surface area (Å²) in [5, 5.41) is 15.9. The van der Waals surface area contributed by atoms with E-state index < -0.39 is 0 Å². The molecule has 10 heteroatoms. The third kappa shape index (κ3) is 3.41. The van der Waals surface area contributed by atoms with E-state index in [9.17, 15) is 9.59 Å². The van der Waals surface area contributed by atoms with E-state index in [2.05, 4.69) is 25.5 Å². The lowest BCUT2D eigenvalue weighted by Gasteiger charge is -2.43. The summed E-state index contributed by atoms with van der Waals surface area (Å²) < 4.78 is 3.64. The van der Waals surface area contributed by atoms with Gasteiger partial charge in [-0.15, -0.1) is 10.2 Å². The molecule has 3 aliphatic rings. The molecule has 2 aromatic rings. The van der Waals surface area contributed by atoms with Crippen molar-refractivity contribution in [2.24, 2.45) is 7.05 Å². The standard InChI is InChI=1S/C19H26N8O2/c1-24-6-5-14(23-24)11-16(28)26-8-7-25-9-10-27-17(15(25)12-26)21-22-18(27)19(29)20-13-3-2-4-13/h5-6,13,15H,2-4,7-12H2,1H3,(H,20,29). The van der Waals surface area contributed by atoms with Crippen molar-refractivity contribution in [2.45, 2.75) is 44.3 Å². The minimum Gasteiger partial charge on any atom is -0.347 e. The van der Waals surface area contributed by atoms with E-state index in [-0.39, 0.29) is 23.9 Å². The Labute approximate surface area is 168 Å². The van der Waals surface area contributed by atoms with Crippen molar-refractivity contribution in [3.63, 3.8) is 0 Å². The second kappa shape index (κ2) is 7.25. The highest BCUT2D eigenvalue weighted by Gasteiger charge is 2.38. The van der Waals surface area contributed by atoms with E-state index in [0.717, 1.165) is 37.4 Å². The highest BCUT2D eigenvalue weighted by atomic mass is 16.2. The number of piperazine rings is 1. The topological polar surface area (TPSA) is 101 Å². The fourth-order valence-corrected chi connectivity index (χ4v) is 4.36. The van der Waals surface area contributed by atoms with Gasteiger partial charge in [0.05, 0.1) is 18.2 Å². The predicted molar refractivity (Wildman–Crippen MR) is 103 cm³/mol. The molecular formula is C19H26N8O2. The molecule has 1 atom stereocenters. The fraction of sp³-hybridized carbons (Fsp3) is 0.632. The largest absolute Gasteiger partial charge is 0.347 e. The zero-order valence-corrected chi connectivity index (χ0v) is 16.6. The van der Waals surface area contributed by atoms with Gasteiger partial charge in [-0.3, -0.25) is 19.2 Å².